The highest BCUT2D eigenvalue weighted by Crippen LogP contribution is 2.24. The first-order valence-corrected chi connectivity index (χ1v) is 5.48. The Bertz CT molecular complexity index is 521. The Morgan fingerprint density at radius 3 is 2.52 bits per heavy atom. The number of nitrogens with one attached hydrogen (secondary N) is 2. The number of carboxylic acid groups (broad SMARTS) is 1. The molecule has 7 nitrogen and oxygen atoms in total. The van der Waals surface area contributed by atoms with Crippen LogP contribution in [0.4, 0.5) is 23.7 Å². The molecule has 0 bridgehead atoms. The van der Waals surface area contributed by atoms with Crippen LogP contribution < -0.4 is 15.4 Å². The summed E-state index contributed by atoms with van der Waals surface area (Å²) in [6, 6.07) is 1.89. The lowest BCUT2D eigenvalue weighted by Crippen LogP contribution is -2.45. The van der Waals surface area contributed by atoms with Crippen molar-refractivity contribution in [3.05, 3.63) is 24.3 Å². The van der Waals surface area contributed by atoms with Gasteiger partial charge in [-0.05, 0) is 12.1 Å². The monoisotopic (exact) mass is 308 g/mol. The van der Waals surface area contributed by atoms with Crippen LogP contribution in [0.1, 0.15) is 0 Å². The van der Waals surface area contributed by atoms with E-state index in [2.05, 4.69) is 10.1 Å². The van der Waals surface area contributed by atoms with Crippen molar-refractivity contribution in [2.75, 3.05) is 11.9 Å². The van der Waals surface area contributed by atoms with Crippen molar-refractivity contribution >= 4 is 17.7 Å². The smallest absolute Gasteiger partial charge is 0.480 e. The quantitative estimate of drug-likeness (QED) is 0.652. The van der Waals surface area contributed by atoms with Crippen LogP contribution in [0.15, 0.2) is 24.3 Å². The third-order valence-electron chi connectivity index (χ3n) is 2.11. The van der Waals surface area contributed by atoms with E-state index in [1.807, 2.05) is 5.32 Å². The number of hydrogen-bond acceptors (Lipinski definition) is 4. The number of halogens is 3. The molecule has 0 aliphatic rings. The molecule has 1 aromatic carbocycles. The maximum Gasteiger partial charge on any atom is 0.573 e. The summed E-state index contributed by atoms with van der Waals surface area (Å²) in [4.78, 5) is 22.0. The van der Waals surface area contributed by atoms with E-state index in [-0.39, 0.29) is 5.69 Å². The lowest BCUT2D eigenvalue weighted by Gasteiger charge is -2.13. The molecule has 0 spiro atoms. The minimum absolute atomic E-state index is 0.0451. The van der Waals surface area contributed by atoms with E-state index >= 15 is 0 Å². The molecule has 1 atom stereocenters. The van der Waals surface area contributed by atoms with Gasteiger partial charge in [-0.15, -0.1) is 13.2 Å². The van der Waals surface area contributed by atoms with E-state index < -0.39 is 36.8 Å². The molecule has 0 aliphatic carbocycles. The molecule has 0 aliphatic heterocycles. The number of amides is 2. The predicted octanol–water partition coefficient (Wildman–Crippen LogP) is 1.15. The molecule has 0 saturated carbocycles. The lowest BCUT2D eigenvalue weighted by molar-refractivity contribution is -0.274. The second-order valence-electron chi connectivity index (χ2n) is 3.75. The Morgan fingerprint density at radius 2 is 2.00 bits per heavy atom. The van der Waals surface area contributed by atoms with Gasteiger partial charge in [0.2, 0.25) is 0 Å². The second kappa shape index (κ2) is 6.79. The maximum absolute atomic E-state index is 12.0. The summed E-state index contributed by atoms with van der Waals surface area (Å²) in [5.74, 6) is -2.00. The minimum Gasteiger partial charge on any atom is -0.480 e. The zero-order chi connectivity index (χ0) is 16.0. The van der Waals surface area contributed by atoms with Crippen LogP contribution >= 0.6 is 0 Å². The molecule has 1 rings (SSSR count). The van der Waals surface area contributed by atoms with E-state index in [0.717, 1.165) is 12.1 Å². The average molecular weight is 308 g/mol. The lowest BCUT2D eigenvalue weighted by atomic mass is 10.3. The number of carbonyl (C=O) groups excluding carboxylic acids is 1. The third kappa shape index (κ3) is 5.99. The van der Waals surface area contributed by atoms with Crippen LogP contribution in [0.25, 0.3) is 0 Å². The number of rotatable bonds is 5. The van der Waals surface area contributed by atoms with Crippen LogP contribution in [0.2, 0.25) is 0 Å². The molecular formula is C11H11F3N2O5. The molecule has 2 amide bonds. The fourth-order valence-corrected chi connectivity index (χ4v) is 1.28. The number of alkyl halides is 3. The number of ether oxygens (including phenoxy) is 1. The fourth-order valence-electron chi connectivity index (χ4n) is 1.28. The highest BCUT2D eigenvalue weighted by molar-refractivity contribution is 5.92. The Hall–Kier alpha value is -2.49. The van der Waals surface area contributed by atoms with Crippen molar-refractivity contribution < 1.29 is 37.7 Å². The highest BCUT2D eigenvalue weighted by Gasteiger charge is 2.31. The maximum atomic E-state index is 12.0. The first-order valence-electron chi connectivity index (χ1n) is 5.48. The number of aliphatic hydroxyl groups is 1. The number of carboxylic acids is 1. The Labute approximate surface area is 116 Å². The van der Waals surface area contributed by atoms with Crippen LogP contribution in [0.5, 0.6) is 5.75 Å². The van der Waals surface area contributed by atoms with E-state index in [4.69, 9.17) is 10.2 Å². The van der Waals surface area contributed by atoms with Gasteiger partial charge in [-0.3, -0.25) is 0 Å². The van der Waals surface area contributed by atoms with Gasteiger partial charge in [0.15, 0.2) is 6.04 Å². The summed E-state index contributed by atoms with van der Waals surface area (Å²) >= 11 is 0. The molecule has 0 saturated heterocycles. The summed E-state index contributed by atoms with van der Waals surface area (Å²) in [6.45, 7) is -0.833. The van der Waals surface area contributed by atoms with Crippen LogP contribution in [0.3, 0.4) is 0 Å². The summed E-state index contributed by atoms with van der Waals surface area (Å²) in [5.41, 5.74) is -0.0451. The number of urea groups is 1. The van der Waals surface area contributed by atoms with Gasteiger partial charge in [0, 0.05) is 11.8 Å². The topological polar surface area (TPSA) is 108 Å². The summed E-state index contributed by atoms with van der Waals surface area (Å²) in [7, 11) is 0. The molecule has 0 aromatic heterocycles. The van der Waals surface area contributed by atoms with Crippen LogP contribution in [-0.2, 0) is 4.79 Å². The largest absolute Gasteiger partial charge is 0.573 e. The zero-order valence-corrected chi connectivity index (χ0v) is 10.3. The second-order valence-corrected chi connectivity index (χ2v) is 3.75. The van der Waals surface area contributed by atoms with Gasteiger partial charge >= 0.3 is 18.4 Å². The van der Waals surface area contributed by atoms with E-state index in [1.165, 1.54) is 12.1 Å². The molecular weight excluding hydrogens is 297 g/mol. The Balaban J connectivity index is 2.68. The van der Waals surface area contributed by atoms with Crippen molar-refractivity contribution in [3.63, 3.8) is 0 Å². The minimum atomic E-state index is -4.87. The number of anilines is 1. The van der Waals surface area contributed by atoms with E-state index in [1.54, 1.807) is 0 Å². The van der Waals surface area contributed by atoms with Crippen LogP contribution in [0, 0.1) is 0 Å². The van der Waals surface area contributed by atoms with Gasteiger partial charge in [-0.1, -0.05) is 6.07 Å². The molecule has 0 fully saturated rings. The number of aliphatic carboxylic acids is 1. The van der Waals surface area contributed by atoms with E-state index in [9.17, 15) is 22.8 Å². The molecule has 1 aromatic rings. The SMILES string of the molecule is O=C(Nc1cccc(OC(F)(F)F)c1)N[C@@H](CO)C(=O)O. The van der Waals surface area contributed by atoms with Gasteiger partial charge in [0.25, 0.3) is 0 Å². The third-order valence-corrected chi connectivity index (χ3v) is 2.11. The summed E-state index contributed by atoms with van der Waals surface area (Å²) in [6.07, 6.45) is -4.87. The predicted molar refractivity (Wildman–Crippen MR) is 63.8 cm³/mol. The average Bonchev–Trinajstić information content (AvgIpc) is 2.33. The molecule has 0 heterocycles. The highest BCUT2D eigenvalue weighted by atomic mass is 19.4. The van der Waals surface area contributed by atoms with Gasteiger partial charge in [0.1, 0.15) is 5.75 Å². The normalized spacial score (nSPS) is 12.4. The van der Waals surface area contributed by atoms with Gasteiger partial charge in [-0.25, -0.2) is 9.59 Å². The van der Waals surface area contributed by atoms with Gasteiger partial charge in [-0.2, -0.15) is 0 Å². The number of aliphatic hydroxyl groups excluding tert-OH is 1. The van der Waals surface area contributed by atoms with Gasteiger partial charge in [0.05, 0.1) is 6.61 Å². The fraction of sp³-hybridized carbons (Fsp3) is 0.273. The molecule has 21 heavy (non-hydrogen) atoms. The van der Waals surface area contributed by atoms with Crippen molar-refractivity contribution in [2.24, 2.45) is 0 Å². The molecule has 4 N–H and O–H groups in total. The van der Waals surface area contributed by atoms with E-state index in [0.29, 0.717) is 0 Å². The Kier molecular flexibility index (Phi) is 5.36. The summed E-state index contributed by atoms with van der Waals surface area (Å²) in [5, 5.41) is 21.4. The molecule has 0 radical (unpaired) electrons. The number of benzene rings is 1. The van der Waals surface area contributed by atoms with Crippen molar-refractivity contribution in [2.45, 2.75) is 12.4 Å². The van der Waals surface area contributed by atoms with Gasteiger partial charge < -0.3 is 25.6 Å². The number of hydrogen-bond donors (Lipinski definition) is 4. The first-order chi connectivity index (χ1) is 9.71. The number of carbonyl (C=O) groups is 2. The molecule has 10 heteroatoms. The molecule has 0 unspecified atom stereocenters. The van der Waals surface area contributed by atoms with Crippen molar-refractivity contribution in [1.82, 2.24) is 5.32 Å². The first kappa shape index (κ1) is 16.6. The van der Waals surface area contributed by atoms with Crippen LogP contribution in [-0.4, -0.2) is 41.2 Å². The van der Waals surface area contributed by atoms with Crippen molar-refractivity contribution in [3.8, 4) is 5.75 Å². The molecule has 116 valence electrons. The Morgan fingerprint density at radius 1 is 1.33 bits per heavy atom. The standard InChI is InChI=1S/C11H11F3N2O5/c12-11(13,14)21-7-3-1-2-6(4-7)15-10(20)16-8(5-17)9(18)19/h1-4,8,17H,5H2,(H,18,19)(H2,15,16,20)/t8-/m0/s1. The summed E-state index contributed by atoms with van der Waals surface area (Å²) < 4.78 is 39.7. The van der Waals surface area contributed by atoms with Crippen molar-refractivity contribution in [1.29, 1.82) is 0 Å². The zero-order valence-electron chi connectivity index (χ0n) is 10.3.